The summed E-state index contributed by atoms with van der Waals surface area (Å²) < 4.78 is 92.9. The van der Waals surface area contributed by atoms with E-state index in [0.29, 0.717) is 0 Å². The molecule has 0 aromatic rings. The molecule has 0 heterocycles. The van der Waals surface area contributed by atoms with Crippen molar-refractivity contribution in [3.63, 3.8) is 0 Å². The van der Waals surface area contributed by atoms with E-state index < -0.39 is 23.7 Å². The van der Waals surface area contributed by atoms with E-state index in [4.69, 9.17) is 0 Å². The first-order valence-electron chi connectivity index (χ1n) is 4.43. The van der Waals surface area contributed by atoms with Crippen molar-refractivity contribution in [1.29, 1.82) is 0 Å². The third kappa shape index (κ3) is 1.57. The first-order chi connectivity index (χ1) is 6.91. The molecule has 0 nitrogen and oxygen atoms in total. The molecule has 0 spiro atoms. The minimum atomic E-state index is -5.97. The Morgan fingerprint density at radius 1 is 0.500 bits per heavy atom. The molecule has 16 heavy (non-hydrogen) atoms. The van der Waals surface area contributed by atoms with Crippen molar-refractivity contribution in [2.45, 2.75) is 50.4 Å². The third-order valence-electron chi connectivity index (χ3n) is 2.08. The molecule has 0 amide bonds. The fourth-order valence-electron chi connectivity index (χ4n) is 0.726. The first-order valence-corrected chi connectivity index (χ1v) is 4.43. The van der Waals surface area contributed by atoms with Crippen molar-refractivity contribution in [1.82, 2.24) is 0 Å². The Balaban J connectivity index is 0.000000487. The Kier molecular flexibility index (Phi) is 3.89. The van der Waals surface area contributed by atoms with Crippen LogP contribution in [-0.2, 0) is 0 Å². The van der Waals surface area contributed by atoms with Gasteiger partial charge < -0.3 is 0 Å². The normalized spacial score (nSPS) is 27.4. The van der Waals surface area contributed by atoms with Gasteiger partial charge in [-0.25, -0.2) is 0 Å². The van der Waals surface area contributed by atoms with E-state index in [1.807, 2.05) is 0 Å². The molecule has 0 bridgehead atoms. The van der Waals surface area contributed by atoms with Gasteiger partial charge in [-0.05, 0) is 0 Å². The molecule has 0 aromatic heterocycles. The molecule has 0 unspecified atom stereocenters. The first kappa shape index (κ1) is 15.4. The average molecular weight is 258 g/mol. The van der Waals surface area contributed by atoms with Crippen LogP contribution in [0.1, 0.15) is 26.7 Å². The minimum absolute atomic E-state index is 1.32. The van der Waals surface area contributed by atoms with E-state index >= 15 is 0 Å². The van der Waals surface area contributed by atoms with E-state index in [0.717, 1.165) is 0 Å². The zero-order chi connectivity index (χ0) is 13.4. The van der Waals surface area contributed by atoms with Crippen LogP contribution in [0.3, 0.4) is 0 Å². The minimum Gasteiger partial charge on any atom is -0.192 e. The lowest BCUT2D eigenvalue weighted by Gasteiger charge is -2.49. The van der Waals surface area contributed by atoms with E-state index in [-0.39, 0.29) is 0 Å². The SMILES string of the molecule is CCCC.FC1(F)C(F)(F)C(F)(F)C1(F)F. The maximum atomic E-state index is 11.6. The van der Waals surface area contributed by atoms with Crippen molar-refractivity contribution < 1.29 is 35.1 Å². The smallest absolute Gasteiger partial charge is 0.192 e. The van der Waals surface area contributed by atoms with Crippen molar-refractivity contribution >= 4 is 0 Å². The van der Waals surface area contributed by atoms with Crippen molar-refractivity contribution in [3.8, 4) is 0 Å². The van der Waals surface area contributed by atoms with Gasteiger partial charge in [0.2, 0.25) is 0 Å². The van der Waals surface area contributed by atoms with Gasteiger partial charge in [0.05, 0.1) is 0 Å². The number of halogens is 8. The molecule has 8 heteroatoms. The highest BCUT2D eigenvalue weighted by Crippen LogP contribution is 2.69. The molecule has 1 rings (SSSR count). The predicted octanol–water partition coefficient (Wildman–Crippen LogP) is 4.35. The fourth-order valence-corrected chi connectivity index (χ4v) is 0.726. The van der Waals surface area contributed by atoms with Gasteiger partial charge in [-0.15, -0.1) is 0 Å². The van der Waals surface area contributed by atoms with Crippen LogP contribution < -0.4 is 0 Å². The van der Waals surface area contributed by atoms with Gasteiger partial charge in [0.15, 0.2) is 0 Å². The van der Waals surface area contributed by atoms with Crippen molar-refractivity contribution in [2.75, 3.05) is 0 Å². The van der Waals surface area contributed by atoms with Gasteiger partial charge >= 0.3 is 23.7 Å². The van der Waals surface area contributed by atoms with Crippen LogP contribution in [0.15, 0.2) is 0 Å². The van der Waals surface area contributed by atoms with Crippen LogP contribution in [0.2, 0.25) is 0 Å². The summed E-state index contributed by atoms with van der Waals surface area (Å²) in [6.07, 6.45) is 2.64. The maximum absolute atomic E-state index is 11.6. The second-order valence-electron chi connectivity index (χ2n) is 3.30. The predicted molar refractivity (Wildman–Crippen MR) is 40.4 cm³/mol. The molecule has 0 aliphatic heterocycles. The fraction of sp³-hybridized carbons (Fsp3) is 1.00. The zero-order valence-corrected chi connectivity index (χ0v) is 8.44. The number of unbranched alkanes of at least 4 members (excludes halogenated alkanes) is 1. The monoisotopic (exact) mass is 258 g/mol. The number of hydrogen-bond donors (Lipinski definition) is 0. The molecule has 1 aliphatic carbocycles. The Hall–Kier alpha value is -0.560. The summed E-state index contributed by atoms with van der Waals surface area (Å²) in [7, 11) is 0. The van der Waals surface area contributed by atoms with Crippen LogP contribution in [0.25, 0.3) is 0 Å². The van der Waals surface area contributed by atoms with Gasteiger partial charge in [0.25, 0.3) is 0 Å². The summed E-state index contributed by atoms with van der Waals surface area (Å²) in [4.78, 5) is 0. The van der Waals surface area contributed by atoms with E-state index in [1.54, 1.807) is 0 Å². The van der Waals surface area contributed by atoms with E-state index in [9.17, 15) is 35.1 Å². The van der Waals surface area contributed by atoms with Crippen LogP contribution in [-0.4, -0.2) is 23.7 Å². The van der Waals surface area contributed by atoms with Crippen LogP contribution in [0.4, 0.5) is 35.1 Å². The number of alkyl halides is 8. The maximum Gasteiger partial charge on any atom is 0.385 e. The standard InChI is InChI=1S/C4F8.C4H10/c5-1(6)2(7,8)4(11,12)3(1,9)10;1-3-4-2/h;3-4H2,1-2H3. The average Bonchev–Trinajstić information content (AvgIpc) is 2.16. The molecule has 0 atom stereocenters. The summed E-state index contributed by atoms with van der Waals surface area (Å²) in [6, 6.07) is 0. The zero-order valence-electron chi connectivity index (χ0n) is 8.44. The van der Waals surface area contributed by atoms with Gasteiger partial charge in [0.1, 0.15) is 0 Å². The highest BCUT2D eigenvalue weighted by molar-refractivity contribution is 5.22. The second kappa shape index (κ2) is 4.03. The highest BCUT2D eigenvalue weighted by Gasteiger charge is 3.01. The van der Waals surface area contributed by atoms with Crippen molar-refractivity contribution in [2.24, 2.45) is 0 Å². The molecule has 1 aliphatic rings. The lowest BCUT2D eigenvalue weighted by molar-refractivity contribution is -0.506. The summed E-state index contributed by atoms with van der Waals surface area (Å²) in [6.45, 7) is 4.36. The van der Waals surface area contributed by atoms with E-state index in [1.165, 1.54) is 12.8 Å². The molecule has 0 radical (unpaired) electrons. The summed E-state index contributed by atoms with van der Waals surface area (Å²) in [5.74, 6) is -23.9. The number of rotatable bonds is 1. The quantitative estimate of drug-likeness (QED) is 0.613. The largest absolute Gasteiger partial charge is 0.385 e. The van der Waals surface area contributed by atoms with Crippen LogP contribution in [0.5, 0.6) is 0 Å². The lowest BCUT2D eigenvalue weighted by Crippen LogP contribution is -2.82. The Morgan fingerprint density at radius 3 is 0.688 bits per heavy atom. The molecule has 0 N–H and O–H groups in total. The third-order valence-corrected chi connectivity index (χ3v) is 2.08. The van der Waals surface area contributed by atoms with Crippen LogP contribution >= 0.6 is 0 Å². The molecule has 1 fully saturated rings. The second-order valence-corrected chi connectivity index (χ2v) is 3.30. The summed E-state index contributed by atoms with van der Waals surface area (Å²) >= 11 is 0. The molecule has 1 saturated carbocycles. The Bertz CT molecular complexity index is 178. The number of hydrogen-bond acceptors (Lipinski definition) is 0. The van der Waals surface area contributed by atoms with Crippen molar-refractivity contribution in [3.05, 3.63) is 0 Å². The topological polar surface area (TPSA) is 0 Å². The van der Waals surface area contributed by atoms with E-state index in [2.05, 4.69) is 13.8 Å². The van der Waals surface area contributed by atoms with Gasteiger partial charge in [-0.2, -0.15) is 35.1 Å². The molecule has 0 saturated heterocycles. The Morgan fingerprint density at radius 2 is 0.625 bits per heavy atom. The summed E-state index contributed by atoms with van der Waals surface area (Å²) in [5.41, 5.74) is 0. The van der Waals surface area contributed by atoms with Gasteiger partial charge in [0, 0.05) is 0 Å². The van der Waals surface area contributed by atoms with Gasteiger partial charge in [-0.3, -0.25) is 0 Å². The lowest BCUT2D eigenvalue weighted by atomic mass is 9.80. The summed E-state index contributed by atoms with van der Waals surface area (Å²) in [5, 5.41) is 0. The molecule has 98 valence electrons. The Labute approximate surface area is 86.6 Å². The molecular weight excluding hydrogens is 248 g/mol. The highest BCUT2D eigenvalue weighted by atomic mass is 19.4. The van der Waals surface area contributed by atoms with Crippen LogP contribution in [0, 0.1) is 0 Å². The van der Waals surface area contributed by atoms with Gasteiger partial charge in [-0.1, -0.05) is 26.7 Å². The molecule has 0 aromatic carbocycles. The molecular formula is C8H10F8.